The van der Waals surface area contributed by atoms with E-state index in [0.717, 1.165) is 43.7 Å². The Bertz CT molecular complexity index is 685. The first-order valence-electron chi connectivity index (χ1n) is 8.16. The zero-order chi connectivity index (χ0) is 16.2. The van der Waals surface area contributed by atoms with E-state index in [9.17, 15) is 4.79 Å². The number of para-hydroxylation sites is 1. The fourth-order valence-electron chi connectivity index (χ4n) is 2.87. The number of H-pyrrole nitrogens is 1. The molecule has 122 valence electrons. The van der Waals surface area contributed by atoms with E-state index in [2.05, 4.69) is 28.2 Å². The third kappa shape index (κ3) is 3.58. The van der Waals surface area contributed by atoms with Crippen molar-refractivity contribution in [1.82, 2.24) is 15.2 Å². The lowest BCUT2D eigenvalue weighted by atomic mass is 10.0. The summed E-state index contributed by atoms with van der Waals surface area (Å²) in [5.74, 6) is 1.02. The molecule has 6 heteroatoms. The Morgan fingerprint density at radius 2 is 2.26 bits per heavy atom. The number of carbonyl (C=O) groups excluding carboxylic acids is 1. The molecule has 1 aromatic heterocycles. The summed E-state index contributed by atoms with van der Waals surface area (Å²) in [6, 6.07) is 8.18. The fourth-order valence-corrected chi connectivity index (χ4v) is 3.68. The molecule has 0 spiro atoms. The third-order valence-corrected chi connectivity index (χ3v) is 4.95. The Morgan fingerprint density at radius 3 is 3.09 bits per heavy atom. The van der Waals surface area contributed by atoms with E-state index in [1.165, 1.54) is 17.3 Å². The number of rotatable bonds is 5. The van der Waals surface area contributed by atoms with Crippen LogP contribution in [0.2, 0.25) is 0 Å². The molecule has 3 rings (SSSR count). The summed E-state index contributed by atoms with van der Waals surface area (Å²) < 4.78 is 0. The molecule has 0 fully saturated rings. The molecule has 1 N–H and O–H groups in total. The maximum Gasteiger partial charge on any atom is 0.240 e. The quantitative estimate of drug-likeness (QED) is 0.855. The molecule has 0 saturated carbocycles. The van der Waals surface area contributed by atoms with E-state index in [0.29, 0.717) is 5.16 Å². The summed E-state index contributed by atoms with van der Waals surface area (Å²) in [7, 11) is 0. The number of aryl methyl sites for hydroxylation is 2. The molecule has 5 nitrogen and oxygen atoms in total. The highest BCUT2D eigenvalue weighted by Gasteiger charge is 2.27. The van der Waals surface area contributed by atoms with Crippen molar-refractivity contribution >= 4 is 23.4 Å². The topological polar surface area (TPSA) is 61.9 Å². The van der Waals surface area contributed by atoms with Gasteiger partial charge < -0.3 is 4.90 Å². The molecule has 23 heavy (non-hydrogen) atoms. The second-order valence-corrected chi connectivity index (χ2v) is 7.10. The smallest absolute Gasteiger partial charge is 0.240 e. The van der Waals surface area contributed by atoms with E-state index in [1.807, 2.05) is 30.0 Å². The van der Waals surface area contributed by atoms with Gasteiger partial charge in [0, 0.05) is 18.7 Å². The highest BCUT2D eigenvalue weighted by atomic mass is 32.2. The molecule has 2 heterocycles. The van der Waals surface area contributed by atoms with E-state index in [1.54, 1.807) is 0 Å². The number of thioether (sulfide) groups is 1. The van der Waals surface area contributed by atoms with Gasteiger partial charge in [-0.15, -0.1) is 5.10 Å². The maximum absolute atomic E-state index is 12.8. The van der Waals surface area contributed by atoms with Crippen LogP contribution in [0.3, 0.4) is 0 Å². The molecule has 1 aliphatic heterocycles. The summed E-state index contributed by atoms with van der Waals surface area (Å²) in [5.41, 5.74) is 2.31. The first kappa shape index (κ1) is 16.1. The number of nitrogens with one attached hydrogen (secondary N) is 1. The lowest BCUT2D eigenvalue weighted by molar-refractivity contribution is -0.117. The van der Waals surface area contributed by atoms with Crippen LogP contribution in [0.15, 0.2) is 29.4 Å². The largest absolute Gasteiger partial charge is 0.311 e. The highest BCUT2D eigenvalue weighted by Crippen LogP contribution is 2.30. The average Bonchev–Trinajstić information content (AvgIpc) is 3.01. The molecule has 1 atom stereocenters. The fraction of sp³-hybridized carbons (Fsp3) is 0.471. The normalized spacial score (nSPS) is 15.3. The zero-order valence-corrected chi connectivity index (χ0v) is 14.4. The Morgan fingerprint density at radius 1 is 1.43 bits per heavy atom. The summed E-state index contributed by atoms with van der Waals surface area (Å²) in [6.45, 7) is 4.82. The number of anilines is 1. The molecule has 1 aliphatic rings. The van der Waals surface area contributed by atoms with Gasteiger partial charge in [-0.25, -0.2) is 4.98 Å². The van der Waals surface area contributed by atoms with Crippen LogP contribution >= 0.6 is 11.8 Å². The van der Waals surface area contributed by atoms with Crippen molar-refractivity contribution < 1.29 is 4.79 Å². The van der Waals surface area contributed by atoms with Gasteiger partial charge in [0.15, 0.2) is 0 Å². The van der Waals surface area contributed by atoms with Gasteiger partial charge in [0.05, 0.1) is 5.25 Å². The number of fused-ring (bicyclic) bond motifs is 1. The van der Waals surface area contributed by atoms with Crippen molar-refractivity contribution in [2.24, 2.45) is 0 Å². The SMILES string of the molecule is CCCc1nc(S[C@H](C)C(=O)N2CCCc3ccccc32)n[nH]1. The Labute approximate surface area is 140 Å². The van der Waals surface area contributed by atoms with Crippen molar-refractivity contribution in [3.05, 3.63) is 35.7 Å². The van der Waals surface area contributed by atoms with Crippen molar-refractivity contribution in [3.8, 4) is 0 Å². The van der Waals surface area contributed by atoms with E-state index >= 15 is 0 Å². The van der Waals surface area contributed by atoms with Crippen molar-refractivity contribution in [2.75, 3.05) is 11.4 Å². The Balaban J connectivity index is 1.70. The van der Waals surface area contributed by atoms with Crippen LogP contribution in [0.5, 0.6) is 0 Å². The number of hydrogen-bond donors (Lipinski definition) is 1. The standard InChI is InChI=1S/C17H22N4OS/c1-3-7-15-18-17(20-19-15)23-12(2)16(22)21-11-6-9-13-8-4-5-10-14(13)21/h4-5,8,10,12H,3,6-7,9,11H2,1-2H3,(H,18,19,20)/t12-/m1/s1. The van der Waals surface area contributed by atoms with Crippen LogP contribution in [0, 0.1) is 0 Å². The number of aromatic nitrogens is 3. The van der Waals surface area contributed by atoms with E-state index in [-0.39, 0.29) is 11.2 Å². The summed E-state index contributed by atoms with van der Waals surface area (Å²) in [5, 5.41) is 7.59. The van der Waals surface area contributed by atoms with Crippen LogP contribution in [0.25, 0.3) is 0 Å². The molecule has 2 aromatic rings. The number of amides is 1. The van der Waals surface area contributed by atoms with Gasteiger partial charge in [-0.05, 0) is 37.8 Å². The van der Waals surface area contributed by atoms with Crippen LogP contribution in [-0.4, -0.2) is 32.9 Å². The van der Waals surface area contributed by atoms with E-state index < -0.39 is 0 Å². The van der Waals surface area contributed by atoms with Gasteiger partial charge in [0.25, 0.3) is 0 Å². The number of hydrogen-bond acceptors (Lipinski definition) is 4. The van der Waals surface area contributed by atoms with Crippen LogP contribution in [-0.2, 0) is 17.6 Å². The second-order valence-electron chi connectivity index (χ2n) is 5.80. The van der Waals surface area contributed by atoms with Gasteiger partial charge in [0.2, 0.25) is 11.1 Å². The van der Waals surface area contributed by atoms with Gasteiger partial charge in [-0.1, -0.05) is 36.9 Å². The minimum Gasteiger partial charge on any atom is -0.311 e. The predicted octanol–water partition coefficient (Wildman–Crippen LogP) is 3.22. The highest BCUT2D eigenvalue weighted by molar-refractivity contribution is 8.00. The first-order valence-corrected chi connectivity index (χ1v) is 9.04. The molecule has 1 aromatic carbocycles. The van der Waals surface area contributed by atoms with Crippen LogP contribution in [0.1, 0.15) is 38.1 Å². The van der Waals surface area contributed by atoms with Gasteiger partial charge in [-0.2, -0.15) is 0 Å². The van der Waals surface area contributed by atoms with Crippen molar-refractivity contribution in [1.29, 1.82) is 0 Å². The molecular formula is C17H22N4OS. The van der Waals surface area contributed by atoms with Crippen molar-refractivity contribution in [3.63, 3.8) is 0 Å². The lowest BCUT2D eigenvalue weighted by Gasteiger charge is -2.31. The second kappa shape index (κ2) is 7.17. The first-order chi connectivity index (χ1) is 11.2. The number of benzene rings is 1. The lowest BCUT2D eigenvalue weighted by Crippen LogP contribution is -2.40. The molecular weight excluding hydrogens is 308 g/mol. The number of carbonyl (C=O) groups is 1. The Hall–Kier alpha value is -1.82. The van der Waals surface area contributed by atoms with Gasteiger partial charge in [0.1, 0.15) is 5.82 Å². The molecule has 1 amide bonds. The van der Waals surface area contributed by atoms with Crippen molar-refractivity contribution in [2.45, 2.75) is 49.9 Å². The maximum atomic E-state index is 12.8. The number of aromatic amines is 1. The molecule has 0 saturated heterocycles. The Kier molecular flexibility index (Phi) is 5.00. The monoisotopic (exact) mass is 330 g/mol. The summed E-state index contributed by atoms with van der Waals surface area (Å²) in [4.78, 5) is 19.2. The number of nitrogens with zero attached hydrogens (tertiary/aromatic N) is 3. The van der Waals surface area contributed by atoms with Crippen LogP contribution in [0.4, 0.5) is 5.69 Å². The summed E-state index contributed by atoms with van der Waals surface area (Å²) >= 11 is 1.42. The molecule has 0 radical (unpaired) electrons. The van der Waals surface area contributed by atoms with Crippen LogP contribution < -0.4 is 4.90 Å². The molecule has 0 bridgehead atoms. The third-order valence-electron chi connectivity index (χ3n) is 4.00. The zero-order valence-electron chi connectivity index (χ0n) is 13.6. The summed E-state index contributed by atoms with van der Waals surface area (Å²) in [6.07, 6.45) is 3.97. The minimum atomic E-state index is -0.202. The van der Waals surface area contributed by atoms with E-state index in [4.69, 9.17) is 0 Å². The van der Waals surface area contributed by atoms with Gasteiger partial charge >= 0.3 is 0 Å². The van der Waals surface area contributed by atoms with Gasteiger partial charge in [-0.3, -0.25) is 9.89 Å². The minimum absolute atomic E-state index is 0.129. The average molecular weight is 330 g/mol. The molecule has 0 aliphatic carbocycles. The predicted molar refractivity (Wildman–Crippen MR) is 92.8 cm³/mol. The molecule has 0 unspecified atom stereocenters.